The third-order valence-corrected chi connectivity index (χ3v) is 4.22. The van der Waals surface area contributed by atoms with Crippen molar-refractivity contribution in [3.8, 4) is 11.5 Å². The summed E-state index contributed by atoms with van der Waals surface area (Å²) >= 11 is 0. The fraction of sp³-hybridized carbons (Fsp3) is 0.381. The molecule has 0 amide bonds. The van der Waals surface area contributed by atoms with Crippen molar-refractivity contribution in [3.05, 3.63) is 48.0 Å². The highest BCUT2D eigenvalue weighted by atomic mass is 19.4. The van der Waals surface area contributed by atoms with Gasteiger partial charge in [0.25, 0.3) is 0 Å². The summed E-state index contributed by atoms with van der Waals surface area (Å²) < 4.78 is 48.0. The Morgan fingerprint density at radius 1 is 1.00 bits per heavy atom. The number of anilines is 1. The van der Waals surface area contributed by atoms with Gasteiger partial charge in [-0.25, -0.2) is 4.98 Å². The second kappa shape index (κ2) is 7.85. The number of ether oxygens (including phenoxy) is 2. The molecule has 0 unspecified atom stereocenters. The molecule has 0 aliphatic rings. The molecule has 3 aromatic rings. The monoisotopic (exact) mass is 407 g/mol. The van der Waals surface area contributed by atoms with Crippen molar-refractivity contribution in [1.82, 2.24) is 9.55 Å². The number of hydrogen-bond donors (Lipinski definition) is 1. The number of nitrogens with zero attached hydrogens (tertiary/aromatic N) is 2. The van der Waals surface area contributed by atoms with Gasteiger partial charge in [-0.15, -0.1) is 13.2 Å². The van der Waals surface area contributed by atoms with Crippen LogP contribution in [0.3, 0.4) is 0 Å². The van der Waals surface area contributed by atoms with Gasteiger partial charge >= 0.3 is 6.36 Å². The number of aromatic nitrogens is 2. The summed E-state index contributed by atoms with van der Waals surface area (Å²) in [6.07, 6.45) is -3.79. The summed E-state index contributed by atoms with van der Waals surface area (Å²) in [5, 5.41) is 0. The van der Waals surface area contributed by atoms with Crippen LogP contribution in [-0.2, 0) is 13.0 Å². The Balaban J connectivity index is 1.67. The number of nitrogen functional groups attached to an aromatic ring is 1. The summed E-state index contributed by atoms with van der Waals surface area (Å²) in [6.45, 7) is 7.30. The molecule has 0 aliphatic heterocycles. The summed E-state index contributed by atoms with van der Waals surface area (Å²) in [5.41, 5.74) is 9.17. The van der Waals surface area contributed by atoms with Crippen LogP contribution in [0.1, 0.15) is 26.3 Å². The van der Waals surface area contributed by atoms with E-state index in [0.717, 1.165) is 17.5 Å². The minimum Gasteiger partial charge on any atom is -0.492 e. The van der Waals surface area contributed by atoms with E-state index in [1.807, 2.05) is 10.6 Å². The maximum atomic E-state index is 12.2. The van der Waals surface area contributed by atoms with Crippen molar-refractivity contribution in [1.29, 1.82) is 0 Å². The first-order valence-corrected chi connectivity index (χ1v) is 9.23. The Kier molecular flexibility index (Phi) is 5.64. The van der Waals surface area contributed by atoms with Gasteiger partial charge in [0.15, 0.2) is 0 Å². The van der Waals surface area contributed by atoms with Crippen LogP contribution >= 0.6 is 0 Å². The van der Waals surface area contributed by atoms with Gasteiger partial charge in [-0.1, -0.05) is 26.8 Å². The molecule has 0 aliphatic carbocycles. The van der Waals surface area contributed by atoms with Gasteiger partial charge in [-0.05, 0) is 53.8 Å². The average Bonchev–Trinajstić information content (AvgIpc) is 2.89. The lowest BCUT2D eigenvalue weighted by atomic mass is 9.88. The molecule has 5 nitrogen and oxygen atoms in total. The topological polar surface area (TPSA) is 62.3 Å². The van der Waals surface area contributed by atoms with E-state index in [0.29, 0.717) is 24.8 Å². The predicted octanol–water partition coefficient (Wildman–Crippen LogP) is 5.18. The second-order valence-corrected chi connectivity index (χ2v) is 8.05. The van der Waals surface area contributed by atoms with Crippen LogP contribution in [0.4, 0.5) is 19.1 Å². The van der Waals surface area contributed by atoms with Gasteiger partial charge in [0.1, 0.15) is 18.1 Å². The van der Waals surface area contributed by atoms with Gasteiger partial charge in [0.05, 0.1) is 17.6 Å². The number of nitrogens with two attached hydrogens (primary N) is 1. The third-order valence-electron chi connectivity index (χ3n) is 4.22. The lowest BCUT2D eigenvalue weighted by molar-refractivity contribution is -0.274. The van der Waals surface area contributed by atoms with Crippen LogP contribution in [-0.4, -0.2) is 22.5 Å². The summed E-state index contributed by atoms with van der Waals surface area (Å²) in [5.74, 6) is 0.544. The van der Waals surface area contributed by atoms with Crippen LogP contribution in [0, 0.1) is 5.41 Å². The lowest BCUT2D eigenvalue weighted by Gasteiger charge is -2.18. The molecule has 0 atom stereocenters. The molecule has 0 saturated heterocycles. The smallest absolute Gasteiger partial charge is 0.492 e. The van der Waals surface area contributed by atoms with E-state index in [-0.39, 0.29) is 11.2 Å². The Bertz CT molecular complexity index is 974. The van der Waals surface area contributed by atoms with Gasteiger partial charge in [-0.3, -0.25) is 0 Å². The largest absolute Gasteiger partial charge is 0.573 e. The van der Waals surface area contributed by atoms with Crippen LogP contribution in [0.5, 0.6) is 11.5 Å². The van der Waals surface area contributed by atoms with Crippen LogP contribution in [0.15, 0.2) is 42.5 Å². The van der Waals surface area contributed by atoms with E-state index in [1.165, 1.54) is 29.8 Å². The van der Waals surface area contributed by atoms with Gasteiger partial charge in [0, 0.05) is 0 Å². The molecule has 2 aromatic carbocycles. The number of hydrogen-bond acceptors (Lipinski definition) is 4. The van der Waals surface area contributed by atoms with Gasteiger partial charge in [-0.2, -0.15) is 0 Å². The van der Waals surface area contributed by atoms with Crippen molar-refractivity contribution in [3.63, 3.8) is 0 Å². The molecule has 156 valence electrons. The van der Waals surface area contributed by atoms with Crippen molar-refractivity contribution in [2.24, 2.45) is 5.41 Å². The number of halogens is 3. The first kappa shape index (κ1) is 20.8. The third kappa shape index (κ3) is 5.79. The summed E-state index contributed by atoms with van der Waals surface area (Å²) in [6, 6.07) is 11.4. The number of fused-ring (bicyclic) bond motifs is 1. The minimum absolute atomic E-state index is 0.162. The Morgan fingerprint density at radius 3 is 2.28 bits per heavy atom. The van der Waals surface area contributed by atoms with E-state index in [4.69, 9.17) is 10.5 Å². The molecule has 0 fully saturated rings. The SMILES string of the molecule is CC(C)(C)Cc1ccc2nc(N)n(CCOc3ccc(OC(F)(F)F)cc3)c2c1. The molecule has 1 aromatic heterocycles. The van der Waals surface area contributed by atoms with Gasteiger partial charge in [0.2, 0.25) is 5.95 Å². The van der Waals surface area contributed by atoms with E-state index in [1.54, 1.807) is 0 Å². The Morgan fingerprint density at radius 2 is 1.66 bits per heavy atom. The van der Waals surface area contributed by atoms with E-state index in [9.17, 15) is 13.2 Å². The first-order valence-electron chi connectivity index (χ1n) is 9.23. The highest BCUT2D eigenvalue weighted by Gasteiger charge is 2.31. The van der Waals surface area contributed by atoms with E-state index in [2.05, 4.69) is 42.6 Å². The molecule has 8 heteroatoms. The summed E-state index contributed by atoms with van der Waals surface area (Å²) in [7, 11) is 0. The molecule has 0 bridgehead atoms. The van der Waals surface area contributed by atoms with Crippen LogP contribution in [0.25, 0.3) is 11.0 Å². The number of benzene rings is 2. The molecular weight excluding hydrogens is 383 g/mol. The molecular formula is C21H24F3N3O2. The van der Waals surface area contributed by atoms with Crippen molar-refractivity contribution >= 4 is 17.0 Å². The maximum absolute atomic E-state index is 12.2. The number of rotatable bonds is 6. The zero-order valence-corrected chi connectivity index (χ0v) is 16.6. The highest BCUT2D eigenvalue weighted by Crippen LogP contribution is 2.26. The van der Waals surface area contributed by atoms with Crippen LogP contribution < -0.4 is 15.2 Å². The fourth-order valence-electron chi connectivity index (χ4n) is 3.14. The molecule has 29 heavy (non-hydrogen) atoms. The number of imidazole rings is 1. The molecule has 0 spiro atoms. The average molecular weight is 407 g/mol. The summed E-state index contributed by atoms with van der Waals surface area (Å²) in [4.78, 5) is 4.38. The normalized spacial score (nSPS) is 12.3. The zero-order chi connectivity index (χ0) is 21.2. The standard InChI is InChI=1S/C21H24F3N3O2/c1-20(2,3)13-14-4-9-17-18(12-14)27(19(25)26-17)10-11-28-15-5-7-16(8-6-15)29-21(22,23)24/h4-9,12H,10-11,13H2,1-3H3,(H2,25,26). The highest BCUT2D eigenvalue weighted by molar-refractivity contribution is 5.79. The molecule has 2 N–H and O–H groups in total. The Labute approximate surface area is 167 Å². The van der Waals surface area contributed by atoms with Crippen LogP contribution in [0.2, 0.25) is 0 Å². The first-order chi connectivity index (χ1) is 13.5. The van der Waals surface area contributed by atoms with Gasteiger partial charge < -0.3 is 19.8 Å². The second-order valence-electron chi connectivity index (χ2n) is 8.05. The van der Waals surface area contributed by atoms with Crippen molar-refractivity contribution in [2.75, 3.05) is 12.3 Å². The quantitative estimate of drug-likeness (QED) is 0.611. The Hall–Kier alpha value is -2.90. The van der Waals surface area contributed by atoms with E-state index < -0.39 is 6.36 Å². The fourth-order valence-corrected chi connectivity index (χ4v) is 3.14. The molecule has 0 radical (unpaired) electrons. The minimum atomic E-state index is -4.71. The number of alkyl halides is 3. The zero-order valence-electron chi connectivity index (χ0n) is 16.6. The lowest BCUT2D eigenvalue weighted by Crippen LogP contribution is -2.17. The van der Waals surface area contributed by atoms with Crippen molar-refractivity contribution < 1.29 is 22.6 Å². The molecule has 1 heterocycles. The predicted molar refractivity (Wildman–Crippen MR) is 106 cm³/mol. The molecule has 3 rings (SSSR count). The maximum Gasteiger partial charge on any atom is 0.573 e. The molecule has 0 saturated carbocycles. The van der Waals surface area contributed by atoms with E-state index >= 15 is 0 Å². The van der Waals surface area contributed by atoms with Crippen molar-refractivity contribution in [2.45, 2.75) is 40.1 Å².